The summed E-state index contributed by atoms with van der Waals surface area (Å²) in [6.07, 6.45) is 0.546. The Morgan fingerprint density at radius 3 is 2.65 bits per heavy atom. The van der Waals surface area contributed by atoms with Crippen LogP contribution in [0.4, 0.5) is 8.78 Å². The molecule has 0 amide bonds. The van der Waals surface area contributed by atoms with Crippen molar-refractivity contribution in [3.8, 4) is 0 Å². The Balaban J connectivity index is 2.31. The molecule has 3 N–H and O–H groups in total. The maximum Gasteiger partial charge on any atom is 0.137 e. The Hall–Kier alpha value is -1.30. The number of rotatable bonds is 4. The van der Waals surface area contributed by atoms with Gasteiger partial charge in [-0.1, -0.05) is 18.2 Å². The average molecular weight is 341 g/mol. The van der Waals surface area contributed by atoms with Gasteiger partial charge in [-0.05, 0) is 64.2 Å². The van der Waals surface area contributed by atoms with Gasteiger partial charge in [-0.25, -0.2) is 8.78 Å². The molecule has 106 valence electrons. The van der Waals surface area contributed by atoms with Gasteiger partial charge in [0.15, 0.2) is 0 Å². The second-order valence-electron chi connectivity index (χ2n) is 4.64. The molecule has 0 radical (unpaired) electrons. The molecular formula is C15H15BrF2N2. The Kier molecular flexibility index (Phi) is 4.86. The van der Waals surface area contributed by atoms with Gasteiger partial charge in [0, 0.05) is 0 Å². The van der Waals surface area contributed by atoms with Crippen LogP contribution in [0.3, 0.4) is 0 Å². The number of nitrogens with one attached hydrogen (secondary N) is 1. The van der Waals surface area contributed by atoms with Gasteiger partial charge in [-0.2, -0.15) is 0 Å². The lowest BCUT2D eigenvalue weighted by Gasteiger charge is -2.19. The van der Waals surface area contributed by atoms with Crippen LogP contribution in [0, 0.1) is 18.6 Å². The molecule has 0 spiro atoms. The van der Waals surface area contributed by atoms with E-state index in [1.165, 1.54) is 18.2 Å². The fourth-order valence-corrected chi connectivity index (χ4v) is 2.70. The van der Waals surface area contributed by atoms with Crippen LogP contribution < -0.4 is 11.3 Å². The van der Waals surface area contributed by atoms with Crippen LogP contribution in [0.15, 0.2) is 40.9 Å². The van der Waals surface area contributed by atoms with Crippen LogP contribution in [0.25, 0.3) is 0 Å². The molecule has 1 atom stereocenters. The molecule has 0 aromatic heterocycles. The topological polar surface area (TPSA) is 38.0 Å². The molecule has 0 heterocycles. The molecule has 5 heteroatoms. The number of nitrogens with two attached hydrogens (primary N) is 1. The molecule has 0 aliphatic heterocycles. The van der Waals surface area contributed by atoms with Gasteiger partial charge >= 0.3 is 0 Å². The van der Waals surface area contributed by atoms with Gasteiger partial charge in [-0.15, -0.1) is 0 Å². The van der Waals surface area contributed by atoms with E-state index in [0.29, 0.717) is 10.9 Å². The predicted molar refractivity (Wildman–Crippen MR) is 79.0 cm³/mol. The zero-order valence-corrected chi connectivity index (χ0v) is 12.5. The quantitative estimate of drug-likeness (QED) is 0.656. The predicted octanol–water partition coefficient (Wildman–Crippen LogP) is 3.78. The fourth-order valence-electron chi connectivity index (χ4n) is 2.16. The maximum absolute atomic E-state index is 13.6. The third-order valence-electron chi connectivity index (χ3n) is 3.29. The van der Waals surface area contributed by atoms with Crippen LogP contribution in [-0.4, -0.2) is 0 Å². The first-order valence-corrected chi connectivity index (χ1v) is 6.97. The summed E-state index contributed by atoms with van der Waals surface area (Å²) >= 11 is 3.23. The Morgan fingerprint density at radius 2 is 2.00 bits per heavy atom. The van der Waals surface area contributed by atoms with Crippen LogP contribution >= 0.6 is 15.9 Å². The number of aryl methyl sites for hydroxylation is 1. The summed E-state index contributed by atoms with van der Waals surface area (Å²) in [7, 11) is 0. The molecule has 2 aromatic rings. The SMILES string of the molecule is Cc1cc(F)ccc1CC(NN)c1cccc(F)c1Br. The molecular weight excluding hydrogens is 326 g/mol. The van der Waals surface area contributed by atoms with E-state index < -0.39 is 0 Å². The molecule has 0 aliphatic carbocycles. The van der Waals surface area contributed by atoms with Crippen molar-refractivity contribution in [2.24, 2.45) is 5.84 Å². The third kappa shape index (κ3) is 3.23. The van der Waals surface area contributed by atoms with Gasteiger partial charge in [0.2, 0.25) is 0 Å². The van der Waals surface area contributed by atoms with Crippen molar-refractivity contribution in [3.63, 3.8) is 0 Å². The summed E-state index contributed by atoms with van der Waals surface area (Å²) in [6, 6.07) is 9.17. The minimum absolute atomic E-state index is 0.260. The minimum Gasteiger partial charge on any atom is -0.271 e. The highest BCUT2D eigenvalue weighted by atomic mass is 79.9. The zero-order chi connectivity index (χ0) is 14.7. The van der Waals surface area contributed by atoms with E-state index in [2.05, 4.69) is 21.4 Å². The van der Waals surface area contributed by atoms with Gasteiger partial charge in [0.25, 0.3) is 0 Å². The van der Waals surface area contributed by atoms with Crippen LogP contribution in [0.5, 0.6) is 0 Å². The van der Waals surface area contributed by atoms with Crippen molar-refractivity contribution in [3.05, 3.63) is 69.2 Å². The molecule has 1 unspecified atom stereocenters. The van der Waals surface area contributed by atoms with E-state index in [1.807, 2.05) is 6.92 Å². The number of hydrazine groups is 1. The zero-order valence-electron chi connectivity index (χ0n) is 11.0. The fraction of sp³-hybridized carbons (Fsp3) is 0.200. The molecule has 0 saturated carbocycles. The molecule has 20 heavy (non-hydrogen) atoms. The van der Waals surface area contributed by atoms with E-state index in [-0.39, 0.29) is 17.7 Å². The first-order chi connectivity index (χ1) is 9.52. The first-order valence-electron chi connectivity index (χ1n) is 6.18. The molecule has 0 bridgehead atoms. The van der Waals surface area contributed by atoms with E-state index >= 15 is 0 Å². The minimum atomic E-state index is -0.335. The lowest BCUT2D eigenvalue weighted by atomic mass is 9.96. The smallest absolute Gasteiger partial charge is 0.137 e. The highest BCUT2D eigenvalue weighted by Crippen LogP contribution is 2.28. The number of benzene rings is 2. The summed E-state index contributed by atoms with van der Waals surface area (Å²) in [5.41, 5.74) is 5.23. The van der Waals surface area contributed by atoms with Crippen LogP contribution in [0.2, 0.25) is 0 Å². The van der Waals surface area contributed by atoms with Crippen molar-refractivity contribution in [2.75, 3.05) is 0 Å². The Labute approximate surface area is 125 Å². The van der Waals surface area contributed by atoms with Crippen LogP contribution in [-0.2, 0) is 6.42 Å². The lowest BCUT2D eigenvalue weighted by molar-refractivity contribution is 0.538. The summed E-state index contributed by atoms with van der Waals surface area (Å²) in [5, 5.41) is 0. The molecule has 2 aromatic carbocycles. The maximum atomic E-state index is 13.6. The van der Waals surface area contributed by atoms with Crippen molar-refractivity contribution >= 4 is 15.9 Å². The second kappa shape index (κ2) is 6.43. The Morgan fingerprint density at radius 1 is 1.25 bits per heavy atom. The molecule has 2 rings (SSSR count). The van der Waals surface area contributed by atoms with Crippen molar-refractivity contribution < 1.29 is 8.78 Å². The molecule has 0 aliphatic rings. The monoisotopic (exact) mass is 340 g/mol. The van der Waals surface area contributed by atoms with Gasteiger partial charge in [0.1, 0.15) is 11.6 Å². The second-order valence-corrected chi connectivity index (χ2v) is 5.43. The van der Waals surface area contributed by atoms with Gasteiger partial charge in [-0.3, -0.25) is 11.3 Å². The molecule has 2 nitrogen and oxygen atoms in total. The van der Waals surface area contributed by atoms with Crippen LogP contribution in [0.1, 0.15) is 22.7 Å². The number of hydrogen-bond donors (Lipinski definition) is 2. The molecule has 0 fully saturated rings. The summed E-state index contributed by atoms with van der Waals surface area (Å²) in [6.45, 7) is 1.84. The van der Waals surface area contributed by atoms with E-state index in [4.69, 9.17) is 5.84 Å². The summed E-state index contributed by atoms with van der Waals surface area (Å²) in [4.78, 5) is 0. The van der Waals surface area contributed by atoms with E-state index in [9.17, 15) is 8.78 Å². The lowest BCUT2D eigenvalue weighted by Crippen LogP contribution is -2.30. The summed E-state index contributed by atoms with van der Waals surface area (Å²) < 4.78 is 27.1. The summed E-state index contributed by atoms with van der Waals surface area (Å²) in [5.74, 6) is 4.98. The largest absolute Gasteiger partial charge is 0.271 e. The molecule has 0 saturated heterocycles. The van der Waals surface area contributed by atoms with Crippen molar-refractivity contribution in [2.45, 2.75) is 19.4 Å². The van der Waals surface area contributed by atoms with Gasteiger partial charge < -0.3 is 0 Å². The number of hydrogen-bond acceptors (Lipinski definition) is 2. The van der Waals surface area contributed by atoms with E-state index in [0.717, 1.165) is 16.7 Å². The normalized spacial score (nSPS) is 12.4. The highest BCUT2D eigenvalue weighted by Gasteiger charge is 2.17. The third-order valence-corrected chi connectivity index (χ3v) is 4.12. The van der Waals surface area contributed by atoms with E-state index in [1.54, 1.807) is 18.2 Å². The van der Waals surface area contributed by atoms with Crippen molar-refractivity contribution in [1.29, 1.82) is 0 Å². The van der Waals surface area contributed by atoms with Gasteiger partial charge in [0.05, 0.1) is 10.5 Å². The van der Waals surface area contributed by atoms with Crippen molar-refractivity contribution in [1.82, 2.24) is 5.43 Å². The standard InChI is InChI=1S/C15H15BrF2N2/c1-9-7-11(17)6-5-10(9)8-14(20-19)12-3-2-4-13(18)15(12)16/h2-7,14,20H,8,19H2,1H3. The first kappa shape index (κ1) is 15.1. The Bertz CT molecular complexity index is 617. The highest BCUT2D eigenvalue weighted by molar-refractivity contribution is 9.10. The average Bonchev–Trinajstić information content (AvgIpc) is 2.42. The number of halogens is 3.